The fourth-order valence-corrected chi connectivity index (χ4v) is 2.94. The molecule has 1 aromatic heterocycles. The number of carbonyl (C=O) groups excluding carboxylic acids is 1. The molecular weight excluding hydrogens is 320 g/mol. The van der Waals surface area contributed by atoms with E-state index in [0.717, 1.165) is 22.9 Å². The Morgan fingerprint density at radius 3 is 2.44 bits per heavy atom. The van der Waals surface area contributed by atoms with Crippen LogP contribution in [0.15, 0.2) is 21.3 Å². The third kappa shape index (κ3) is 3.86. The summed E-state index contributed by atoms with van der Waals surface area (Å²) in [5.74, 6) is 0.174. The van der Waals surface area contributed by atoms with E-state index in [1.54, 1.807) is 13.0 Å². The molecule has 0 saturated carbocycles. The number of hydrogen-bond acceptors (Lipinski definition) is 5. The van der Waals surface area contributed by atoms with Crippen LogP contribution in [0.3, 0.4) is 0 Å². The highest BCUT2D eigenvalue weighted by Crippen LogP contribution is 2.30. The van der Waals surface area contributed by atoms with Gasteiger partial charge in [0.15, 0.2) is 6.10 Å². The summed E-state index contributed by atoms with van der Waals surface area (Å²) >= 11 is 0. The second-order valence-electron chi connectivity index (χ2n) is 5.92. The second-order valence-corrected chi connectivity index (χ2v) is 5.92. The topological polar surface area (TPSA) is 65.7 Å². The van der Waals surface area contributed by atoms with Crippen LogP contribution >= 0.6 is 0 Å². The minimum Gasteiger partial charge on any atom is -0.478 e. The van der Waals surface area contributed by atoms with Gasteiger partial charge in [0.1, 0.15) is 11.3 Å². The molecule has 1 aromatic carbocycles. The van der Waals surface area contributed by atoms with Gasteiger partial charge in [-0.1, -0.05) is 20.8 Å². The first-order chi connectivity index (χ1) is 12.0. The Balaban J connectivity index is 2.53. The average Bonchev–Trinajstić information content (AvgIpc) is 2.59. The van der Waals surface area contributed by atoms with Crippen LogP contribution in [0.1, 0.15) is 50.8 Å². The quantitative estimate of drug-likeness (QED) is 0.561. The zero-order valence-corrected chi connectivity index (χ0v) is 15.6. The number of carbonyl (C=O) groups is 1. The Kier molecular flexibility index (Phi) is 6.23. The predicted molar refractivity (Wildman–Crippen MR) is 97.3 cm³/mol. The van der Waals surface area contributed by atoms with Crippen molar-refractivity contribution in [3.63, 3.8) is 0 Å². The van der Waals surface area contributed by atoms with Crippen LogP contribution in [0.25, 0.3) is 11.0 Å². The van der Waals surface area contributed by atoms with Crippen molar-refractivity contribution >= 4 is 16.9 Å². The first-order valence-corrected chi connectivity index (χ1v) is 8.89. The minimum absolute atomic E-state index is 0.310. The fourth-order valence-electron chi connectivity index (χ4n) is 2.94. The van der Waals surface area contributed by atoms with Crippen molar-refractivity contribution in [1.29, 1.82) is 0 Å². The lowest BCUT2D eigenvalue weighted by molar-refractivity contribution is -0.151. The number of ether oxygens (including phenoxy) is 2. The van der Waals surface area contributed by atoms with Crippen LogP contribution in [0.5, 0.6) is 5.75 Å². The highest BCUT2D eigenvalue weighted by Gasteiger charge is 2.22. The number of esters is 1. The van der Waals surface area contributed by atoms with E-state index >= 15 is 0 Å². The standard InChI is InChI=1S/C20H26O5/c1-6-13-10-15-12(5)14(7-2)19(21)25-18(15)11-17(13)24-16(8-3)20(22)23-9-4/h10-11,16H,6-9H2,1-5H3/t16-/m1/s1. The van der Waals surface area contributed by atoms with E-state index in [1.165, 1.54) is 0 Å². The summed E-state index contributed by atoms with van der Waals surface area (Å²) in [6, 6.07) is 3.70. The van der Waals surface area contributed by atoms with E-state index in [2.05, 4.69) is 0 Å². The fraction of sp³-hybridized carbons (Fsp3) is 0.500. The molecule has 0 bridgehead atoms. The Labute approximate surface area is 147 Å². The van der Waals surface area contributed by atoms with Crippen molar-refractivity contribution in [2.75, 3.05) is 6.61 Å². The Bertz CT molecular complexity index is 819. The SMILES string of the molecule is CCOC(=O)[C@@H](CC)Oc1cc2oc(=O)c(CC)c(C)c2cc1CC. The maximum absolute atomic E-state index is 12.1. The smallest absolute Gasteiger partial charge is 0.347 e. The van der Waals surface area contributed by atoms with Gasteiger partial charge in [0.2, 0.25) is 0 Å². The predicted octanol–water partition coefficient (Wildman–Crippen LogP) is 3.95. The lowest BCUT2D eigenvalue weighted by Crippen LogP contribution is -2.29. The molecule has 136 valence electrons. The van der Waals surface area contributed by atoms with Crippen LogP contribution in [0.2, 0.25) is 0 Å². The molecule has 0 radical (unpaired) electrons. The van der Waals surface area contributed by atoms with Gasteiger partial charge in [-0.05, 0) is 50.3 Å². The van der Waals surface area contributed by atoms with Gasteiger partial charge in [-0.15, -0.1) is 0 Å². The monoisotopic (exact) mass is 346 g/mol. The van der Waals surface area contributed by atoms with E-state index in [1.807, 2.05) is 33.8 Å². The first kappa shape index (κ1) is 19.0. The number of benzene rings is 1. The third-order valence-electron chi connectivity index (χ3n) is 4.39. The van der Waals surface area contributed by atoms with Gasteiger partial charge in [-0.3, -0.25) is 0 Å². The zero-order valence-electron chi connectivity index (χ0n) is 15.6. The molecule has 5 heteroatoms. The number of hydrogen-bond donors (Lipinski definition) is 0. The Morgan fingerprint density at radius 2 is 1.88 bits per heavy atom. The summed E-state index contributed by atoms with van der Waals surface area (Å²) in [5, 5.41) is 0.907. The second kappa shape index (κ2) is 8.19. The van der Waals surface area contributed by atoms with Gasteiger partial charge in [0.25, 0.3) is 0 Å². The normalized spacial score (nSPS) is 12.2. The molecule has 25 heavy (non-hydrogen) atoms. The molecular formula is C20H26O5. The molecule has 2 rings (SSSR count). The summed E-state index contributed by atoms with van der Waals surface area (Å²) in [7, 11) is 0. The van der Waals surface area contributed by atoms with Gasteiger partial charge in [-0.25, -0.2) is 9.59 Å². The maximum atomic E-state index is 12.1. The highest BCUT2D eigenvalue weighted by atomic mass is 16.6. The van der Waals surface area contributed by atoms with Gasteiger partial charge >= 0.3 is 11.6 Å². The Hall–Kier alpha value is -2.30. The molecule has 0 N–H and O–H groups in total. The van der Waals surface area contributed by atoms with Gasteiger partial charge in [0.05, 0.1) is 6.61 Å². The number of aryl methyl sites for hydroxylation is 2. The highest BCUT2D eigenvalue weighted by molar-refractivity contribution is 5.84. The summed E-state index contributed by atoms with van der Waals surface area (Å²) in [4.78, 5) is 24.2. The van der Waals surface area contributed by atoms with Crippen molar-refractivity contribution in [2.45, 2.75) is 60.0 Å². The lowest BCUT2D eigenvalue weighted by atomic mass is 10.0. The van der Waals surface area contributed by atoms with Crippen LogP contribution in [0, 0.1) is 6.92 Å². The molecule has 0 saturated heterocycles. The Morgan fingerprint density at radius 1 is 1.16 bits per heavy atom. The van der Waals surface area contributed by atoms with E-state index in [-0.39, 0.29) is 11.6 Å². The van der Waals surface area contributed by atoms with E-state index in [4.69, 9.17) is 13.9 Å². The van der Waals surface area contributed by atoms with Crippen LogP contribution < -0.4 is 10.4 Å². The number of rotatable bonds is 7. The lowest BCUT2D eigenvalue weighted by Gasteiger charge is -2.19. The van der Waals surface area contributed by atoms with Crippen molar-refractivity contribution in [3.05, 3.63) is 39.2 Å². The molecule has 1 atom stereocenters. The molecule has 0 fully saturated rings. The summed E-state index contributed by atoms with van der Waals surface area (Å²) < 4.78 is 16.4. The van der Waals surface area contributed by atoms with Crippen molar-refractivity contribution in [2.24, 2.45) is 0 Å². The number of fused-ring (bicyclic) bond motifs is 1. The summed E-state index contributed by atoms with van der Waals surface area (Å²) in [5.41, 5.74) is 2.76. The van der Waals surface area contributed by atoms with Crippen molar-refractivity contribution in [3.8, 4) is 5.75 Å². The van der Waals surface area contributed by atoms with Crippen LogP contribution in [-0.4, -0.2) is 18.7 Å². The first-order valence-electron chi connectivity index (χ1n) is 8.89. The molecule has 0 aliphatic heterocycles. The van der Waals surface area contributed by atoms with Crippen molar-refractivity contribution < 1.29 is 18.7 Å². The zero-order chi connectivity index (χ0) is 18.6. The van der Waals surface area contributed by atoms with E-state index < -0.39 is 6.10 Å². The molecule has 0 unspecified atom stereocenters. The van der Waals surface area contributed by atoms with Gasteiger partial charge in [-0.2, -0.15) is 0 Å². The summed E-state index contributed by atoms with van der Waals surface area (Å²) in [6.45, 7) is 9.84. The molecule has 5 nitrogen and oxygen atoms in total. The molecule has 1 heterocycles. The van der Waals surface area contributed by atoms with Crippen molar-refractivity contribution in [1.82, 2.24) is 0 Å². The van der Waals surface area contributed by atoms with Crippen LogP contribution in [-0.2, 0) is 22.4 Å². The molecule has 0 spiro atoms. The van der Waals surface area contributed by atoms with Gasteiger partial charge in [0, 0.05) is 17.0 Å². The molecule has 2 aromatic rings. The van der Waals surface area contributed by atoms with Crippen LogP contribution in [0.4, 0.5) is 0 Å². The van der Waals surface area contributed by atoms with E-state index in [0.29, 0.717) is 36.3 Å². The molecule has 0 aliphatic rings. The third-order valence-corrected chi connectivity index (χ3v) is 4.39. The average molecular weight is 346 g/mol. The maximum Gasteiger partial charge on any atom is 0.347 e. The largest absolute Gasteiger partial charge is 0.478 e. The molecule has 0 aliphatic carbocycles. The minimum atomic E-state index is -0.676. The van der Waals surface area contributed by atoms with Gasteiger partial charge < -0.3 is 13.9 Å². The van der Waals surface area contributed by atoms with E-state index in [9.17, 15) is 9.59 Å². The molecule has 0 amide bonds. The summed E-state index contributed by atoms with van der Waals surface area (Å²) in [6.07, 6.45) is 1.19.